The molecule has 6 heteroatoms. The predicted molar refractivity (Wildman–Crippen MR) is 56.4 cm³/mol. The minimum absolute atomic E-state index is 0.117. The van der Waals surface area contributed by atoms with Crippen LogP contribution in [-0.2, 0) is 9.59 Å². The molecule has 0 aromatic heterocycles. The molecule has 84 valence electrons. The second-order valence-electron chi connectivity index (χ2n) is 3.89. The molecule has 2 rings (SSSR count). The van der Waals surface area contributed by atoms with Gasteiger partial charge in [0.1, 0.15) is 6.04 Å². The first-order valence-electron chi connectivity index (χ1n) is 5.06. The van der Waals surface area contributed by atoms with Crippen molar-refractivity contribution in [2.75, 3.05) is 13.1 Å². The van der Waals surface area contributed by atoms with Crippen molar-refractivity contribution >= 4 is 27.8 Å². The third-order valence-electron chi connectivity index (χ3n) is 2.91. The van der Waals surface area contributed by atoms with E-state index in [1.54, 1.807) is 0 Å². The summed E-state index contributed by atoms with van der Waals surface area (Å²) >= 11 is 3.28. The van der Waals surface area contributed by atoms with Crippen LogP contribution in [0.15, 0.2) is 0 Å². The number of aliphatic carboxylic acids is 1. The van der Waals surface area contributed by atoms with Crippen LogP contribution in [0.1, 0.15) is 19.3 Å². The van der Waals surface area contributed by atoms with E-state index in [4.69, 9.17) is 5.11 Å². The lowest BCUT2D eigenvalue weighted by atomic mass is 10.0. The van der Waals surface area contributed by atoms with Crippen molar-refractivity contribution in [1.29, 1.82) is 0 Å². The lowest BCUT2D eigenvalue weighted by Crippen LogP contribution is -2.63. The second-order valence-corrected chi connectivity index (χ2v) is 4.99. The standard InChI is InChI=1S/C9H13BrN2O3/c10-6-3-5-11-4-1-2-7(9(14)15)12(11)8(6)13/h6-7H,1-5H2,(H,14,15). The largest absolute Gasteiger partial charge is 0.480 e. The van der Waals surface area contributed by atoms with E-state index in [0.29, 0.717) is 6.42 Å². The lowest BCUT2D eigenvalue weighted by molar-refractivity contribution is -0.179. The second kappa shape index (κ2) is 4.09. The normalized spacial score (nSPS) is 32.6. The van der Waals surface area contributed by atoms with Crippen LogP contribution < -0.4 is 0 Å². The molecular formula is C9H13BrN2O3. The third kappa shape index (κ3) is 1.88. The Kier molecular flexibility index (Phi) is 2.97. The number of hydrogen-bond donors (Lipinski definition) is 1. The fourth-order valence-corrected chi connectivity index (χ4v) is 2.58. The first-order valence-corrected chi connectivity index (χ1v) is 5.97. The topological polar surface area (TPSA) is 60.9 Å². The van der Waals surface area contributed by atoms with E-state index in [0.717, 1.165) is 25.9 Å². The first-order chi connectivity index (χ1) is 7.11. The van der Waals surface area contributed by atoms with Crippen molar-refractivity contribution in [2.45, 2.75) is 30.1 Å². The van der Waals surface area contributed by atoms with Gasteiger partial charge in [-0.25, -0.2) is 9.80 Å². The molecule has 0 bridgehead atoms. The maximum atomic E-state index is 11.8. The van der Waals surface area contributed by atoms with Crippen molar-refractivity contribution < 1.29 is 14.7 Å². The molecule has 2 heterocycles. The molecule has 1 amide bonds. The quantitative estimate of drug-likeness (QED) is 0.707. The highest BCUT2D eigenvalue weighted by atomic mass is 79.9. The van der Waals surface area contributed by atoms with Gasteiger partial charge in [-0.15, -0.1) is 0 Å². The summed E-state index contributed by atoms with van der Waals surface area (Å²) in [5.41, 5.74) is 0. The van der Waals surface area contributed by atoms with Gasteiger partial charge in [0.25, 0.3) is 5.91 Å². The molecule has 2 saturated heterocycles. The van der Waals surface area contributed by atoms with E-state index in [-0.39, 0.29) is 10.7 Å². The molecule has 0 radical (unpaired) electrons. The summed E-state index contributed by atoms with van der Waals surface area (Å²) < 4.78 is 0. The number of nitrogens with zero attached hydrogens (tertiary/aromatic N) is 2. The Balaban J connectivity index is 2.21. The summed E-state index contributed by atoms with van der Waals surface area (Å²) in [6.07, 6.45) is 2.15. The van der Waals surface area contributed by atoms with Gasteiger partial charge in [-0.3, -0.25) is 9.80 Å². The van der Waals surface area contributed by atoms with E-state index in [9.17, 15) is 9.59 Å². The summed E-state index contributed by atoms with van der Waals surface area (Å²) in [6.45, 7) is 1.54. The van der Waals surface area contributed by atoms with Gasteiger partial charge in [0.2, 0.25) is 0 Å². The maximum Gasteiger partial charge on any atom is 0.328 e. The molecule has 2 aliphatic rings. The minimum atomic E-state index is -0.908. The highest BCUT2D eigenvalue weighted by Crippen LogP contribution is 2.26. The van der Waals surface area contributed by atoms with E-state index in [2.05, 4.69) is 15.9 Å². The molecule has 2 unspecified atom stereocenters. The summed E-state index contributed by atoms with van der Waals surface area (Å²) in [6, 6.07) is -0.674. The number of halogens is 1. The van der Waals surface area contributed by atoms with Gasteiger partial charge in [-0.1, -0.05) is 15.9 Å². The molecular weight excluding hydrogens is 264 g/mol. The average Bonchev–Trinajstić information content (AvgIpc) is 2.23. The molecule has 2 fully saturated rings. The Morgan fingerprint density at radius 3 is 2.80 bits per heavy atom. The number of alkyl halides is 1. The van der Waals surface area contributed by atoms with Gasteiger partial charge in [0.05, 0.1) is 4.83 Å². The number of carbonyl (C=O) groups excluding carboxylic acids is 1. The smallest absolute Gasteiger partial charge is 0.328 e. The molecule has 5 nitrogen and oxygen atoms in total. The van der Waals surface area contributed by atoms with Crippen molar-refractivity contribution in [3.63, 3.8) is 0 Å². The molecule has 0 spiro atoms. The van der Waals surface area contributed by atoms with Gasteiger partial charge in [0.15, 0.2) is 0 Å². The maximum absolute atomic E-state index is 11.8. The van der Waals surface area contributed by atoms with E-state index in [1.807, 2.05) is 5.01 Å². The number of hydrazine groups is 1. The summed E-state index contributed by atoms with van der Waals surface area (Å²) in [5, 5.41) is 12.3. The van der Waals surface area contributed by atoms with E-state index >= 15 is 0 Å². The average molecular weight is 277 g/mol. The number of carbonyl (C=O) groups is 2. The number of fused-ring (bicyclic) bond motifs is 1. The number of carboxylic acid groups (broad SMARTS) is 1. The Morgan fingerprint density at radius 1 is 1.40 bits per heavy atom. The van der Waals surface area contributed by atoms with Crippen molar-refractivity contribution in [2.24, 2.45) is 0 Å². The van der Waals surface area contributed by atoms with Crippen LogP contribution in [0.5, 0.6) is 0 Å². The molecule has 1 N–H and O–H groups in total. The zero-order valence-corrected chi connectivity index (χ0v) is 9.81. The van der Waals surface area contributed by atoms with Crippen LogP contribution in [0.2, 0.25) is 0 Å². The van der Waals surface area contributed by atoms with Crippen molar-refractivity contribution in [1.82, 2.24) is 10.0 Å². The fourth-order valence-electron chi connectivity index (χ4n) is 2.16. The third-order valence-corrected chi connectivity index (χ3v) is 3.76. The molecule has 2 atom stereocenters. The molecule has 0 aliphatic carbocycles. The zero-order chi connectivity index (χ0) is 11.0. The van der Waals surface area contributed by atoms with E-state index in [1.165, 1.54) is 5.01 Å². The molecule has 0 aromatic carbocycles. The Labute approximate surface area is 96.1 Å². The Hall–Kier alpha value is -0.620. The molecule has 0 aromatic rings. The van der Waals surface area contributed by atoms with Crippen LogP contribution in [-0.4, -0.2) is 51.0 Å². The van der Waals surface area contributed by atoms with Gasteiger partial charge in [-0.05, 0) is 19.3 Å². The number of amides is 1. The van der Waals surface area contributed by atoms with Gasteiger partial charge >= 0.3 is 5.97 Å². The van der Waals surface area contributed by atoms with Crippen LogP contribution in [0.25, 0.3) is 0 Å². The minimum Gasteiger partial charge on any atom is -0.480 e. The predicted octanol–water partition coefficient (Wildman–Crippen LogP) is 0.446. The van der Waals surface area contributed by atoms with Crippen LogP contribution in [0.3, 0.4) is 0 Å². The summed E-state index contributed by atoms with van der Waals surface area (Å²) in [5.74, 6) is -1.02. The fraction of sp³-hybridized carbons (Fsp3) is 0.778. The summed E-state index contributed by atoms with van der Waals surface area (Å²) in [7, 11) is 0. The number of hydrogen-bond acceptors (Lipinski definition) is 3. The van der Waals surface area contributed by atoms with Crippen LogP contribution >= 0.6 is 15.9 Å². The van der Waals surface area contributed by atoms with Crippen molar-refractivity contribution in [3.8, 4) is 0 Å². The zero-order valence-electron chi connectivity index (χ0n) is 8.23. The SMILES string of the molecule is O=C(O)C1CCCN2CCC(Br)C(=O)N12. The highest BCUT2D eigenvalue weighted by molar-refractivity contribution is 9.10. The summed E-state index contributed by atoms with van der Waals surface area (Å²) in [4.78, 5) is 22.6. The Morgan fingerprint density at radius 2 is 2.13 bits per heavy atom. The van der Waals surface area contributed by atoms with Gasteiger partial charge < -0.3 is 5.11 Å². The Bertz CT molecular complexity index is 297. The van der Waals surface area contributed by atoms with E-state index < -0.39 is 12.0 Å². The number of rotatable bonds is 1. The van der Waals surface area contributed by atoms with Gasteiger partial charge in [0, 0.05) is 13.1 Å². The van der Waals surface area contributed by atoms with Gasteiger partial charge in [-0.2, -0.15) is 0 Å². The van der Waals surface area contributed by atoms with Crippen LogP contribution in [0, 0.1) is 0 Å². The van der Waals surface area contributed by atoms with Crippen molar-refractivity contribution in [3.05, 3.63) is 0 Å². The van der Waals surface area contributed by atoms with Crippen LogP contribution in [0.4, 0.5) is 0 Å². The molecule has 0 saturated carbocycles. The molecule has 15 heavy (non-hydrogen) atoms. The lowest BCUT2D eigenvalue weighted by Gasteiger charge is -2.46. The monoisotopic (exact) mass is 276 g/mol. The molecule has 2 aliphatic heterocycles. The first kappa shape index (κ1) is 10.9. The number of carboxylic acids is 1. The highest BCUT2D eigenvalue weighted by Gasteiger charge is 2.42.